The van der Waals surface area contributed by atoms with Crippen molar-refractivity contribution < 1.29 is 32.2 Å². The second-order valence-corrected chi connectivity index (χ2v) is 21.0. The summed E-state index contributed by atoms with van der Waals surface area (Å²) < 4.78 is 57.7. The Morgan fingerprint density at radius 2 is 1.64 bits per heavy atom. The molecule has 0 spiro atoms. The van der Waals surface area contributed by atoms with E-state index in [0.717, 1.165) is 23.9 Å². The highest BCUT2D eigenvalue weighted by Gasteiger charge is 2.45. The van der Waals surface area contributed by atoms with Crippen LogP contribution in [0.15, 0.2) is 42.7 Å². The molecule has 1 saturated heterocycles. The van der Waals surface area contributed by atoms with E-state index in [1.165, 1.54) is 19.9 Å². The molecule has 3 aromatic rings. The number of ether oxygens (including phenoxy) is 1. The summed E-state index contributed by atoms with van der Waals surface area (Å²) >= 11 is 0. The largest absolute Gasteiger partial charge is 0.444 e. The Bertz CT molecular complexity index is 1660. The number of hydrogen-bond donors (Lipinski definition) is 3. The fraction of sp³-hybridized carbons (Fsp3) is 0.541. The van der Waals surface area contributed by atoms with Crippen LogP contribution in [0.25, 0.3) is 11.3 Å². The molecular formula is C37H52F3N5O4Si. The van der Waals surface area contributed by atoms with Gasteiger partial charge in [0.05, 0.1) is 53.1 Å². The van der Waals surface area contributed by atoms with Crippen LogP contribution in [-0.2, 0) is 21.3 Å². The van der Waals surface area contributed by atoms with Crippen molar-refractivity contribution in [2.75, 3.05) is 23.3 Å². The van der Waals surface area contributed by atoms with Gasteiger partial charge in [-0.1, -0.05) is 27.7 Å². The standard InChI is InChI=1S/C37H52F3N5O4Si/c1-22-20-45(21-29(44-34(46)48-35(2,3)4)33(22)49-50(10,11)36(5,6)7)30-14-15-41-19-28(30)42-18-24-12-13-25(38)32(43-24)31-26(39)16-23(17-27(31)40)37(8,9)47/h12-17,19,22,29,33,42,47H,18,20-21H2,1-11H3,(H,44,46)/t22-,29+,33+/m0/s1. The van der Waals surface area contributed by atoms with Gasteiger partial charge in [-0.3, -0.25) is 4.98 Å². The van der Waals surface area contributed by atoms with Crippen LogP contribution in [0.5, 0.6) is 0 Å². The van der Waals surface area contributed by atoms with Crippen molar-refractivity contribution in [1.29, 1.82) is 0 Å². The Hall–Kier alpha value is -3.68. The molecule has 0 radical (unpaired) electrons. The first-order valence-corrected chi connectivity index (χ1v) is 19.9. The van der Waals surface area contributed by atoms with Crippen LogP contribution >= 0.6 is 0 Å². The monoisotopic (exact) mass is 715 g/mol. The number of rotatable bonds is 9. The number of aliphatic hydroxyl groups is 1. The normalized spacial score (nSPS) is 18.9. The van der Waals surface area contributed by atoms with E-state index < -0.39 is 60.4 Å². The Morgan fingerprint density at radius 3 is 2.22 bits per heavy atom. The third-order valence-electron chi connectivity index (χ3n) is 9.31. The zero-order valence-electron chi connectivity index (χ0n) is 31.0. The van der Waals surface area contributed by atoms with E-state index in [1.54, 1.807) is 12.4 Å². The third-order valence-corrected chi connectivity index (χ3v) is 13.8. The minimum Gasteiger partial charge on any atom is -0.444 e. The van der Waals surface area contributed by atoms with Gasteiger partial charge in [0.2, 0.25) is 0 Å². The summed E-state index contributed by atoms with van der Waals surface area (Å²) in [7, 11) is -2.21. The van der Waals surface area contributed by atoms with E-state index in [1.807, 2.05) is 26.8 Å². The number of benzene rings is 1. The summed E-state index contributed by atoms with van der Waals surface area (Å²) in [4.78, 5) is 23.8. The number of aromatic nitrogens is 2. The van der Waals surface area contributed by atoms with Gasteiger partial charge in [0.15, 0.2) is 8.32 Å². The average Bonchev–Trinajstić information content (AvgIpc) is 2.96. The van der Waals surface area contributed by atoms with Crippen molar-refractivity contribution in [3.8, 4) is 11.3 Å². The molecule has 9 nitrogen and oxygen atoms in total. The number of carbonyl (C=O) groups is 1. The van der Waals surface area contributed by atoms with Crippen molar-refractivity contribution in [3.63, 3.8) is 0 Å². The molecule has 1 aliphatic rings. The van der Waals surface area contributed by atoms with E-state index in [0.29, 0.717) is 24.5 Å². The van der Waals surface area contributed by atoms with Gasteiger partial charge in [-0.15, -0.1) is 0 Å². The van der Waals surface area contributed by atoms with E-state index >= 15 is 8.78 Å². The third kappa shape index (κ3) is 9.35. The summed E-state index contributed by atoms with van der Waals surface area (Å²) in [5.41, 5.74) is -1.42. The summed E-state index contributed by atoms with van der Waals surface area (Å²) in [5, 5.41) is 16.6. The SMILES string of the molecule is C[C@H]1CN(c2ccncc2NCc2ccc(F)c(-c3c(F)cc(C(C)(C)O)cc3F)n2)C[C@@H](NC(=O)OC(C)(C)C)[C@@H]1O[Si](C)(C)C(C)(C)C. The Kier molecular flexibility index (Phi) is 11.3. The minimum absolute atomic E-state index is 0.0204. The van der Waals surface area contributed by atoms with Gasteiger partial charge in [-0.05, 0) is 88.6 Å². The van der Waals surface area contributed by atoms with Crippen molar-refractivity contribution in [1.82, 2.24) is 15.3 Å². The quantitative estimate of drug-likeness (QED) is 0.191. The van der Waals surface area contributed by atoms with E-state index in [2.05, 4.69) is 66.3 Å². The molecule has 3 heterocycles. The first-order chi connectivity index (χ1) is 23.0. The lowest BCUT2D eigenvalue weighted by Gasteiger charge is -2.48. The topological polar surface area (TPSA) is 109 Å². The molecule has 1 fully saturated rings. The molecule has 4 rings (SSSR count). The predicted molar refractivity (Wildman–Crippen MR) is 193 cm³/mol. The number of nitrogens with one attached hydrogen (secondary N) is 2. The van der Waals surface area contributed by atoms with Crippen LogP contribution in [-0.4, -0.2) is 60.3 Å². The number of piperidine rings is 1. The predicted octanol–water partition coefficient (Wildman–Crippen LogP) is 8.14. The van der Waals surface area contributed by atoms with Crippen molar-refractivity contribution in [3.05, 3.63) is 71.4 Å². The molecule has 0 unspecified atom stereocenters. The van der Waals surface area contributed by atoms with Gasteiger partial charge in [-0.25, -0.2) is 22.9 Å². The van der Waals surface area contributed by atoms with Crippen LogP contribution in [0, 0.1) is 23.4 Å². The van der Waals surface area contributed by atoms with Crippen molar-refractivity contribution in [2.45, 2.75) is 110 Å². The second-order valence-electron chi connectivity index (χ2n) is 16.2. The molecule has 3 atom stereocenters. The zero-order valence-corrected chi connectivity index (χ0v) is 32.0. The summed E-state index contributed by atoms with van der Waals surface area (Å²) in [5.74, 6) is -2.92. The van der Waals surface area contributed by atoms with Gasteiger partial charge in [-0.2, -0.15) is 0 Å². The van der Waals surface area contributed by atoms with Crippen LogP contribution in [0.2, 0.25) is 18.1 Å². The second kappa shape index (κ2) is 14.5. The highest BCUT2D eigenvalue weighted by Crippen LogP contribution is 2.40. The van der Waals surface area contributed by atoms with Crippen LogP contribution in [0.4, 0.5) is 29.3 Å². The zero-order chi connectivity index (χ0) is 37.4. The number of halogens is 3. The Labute approximate surface area is 295 Å². The average molecular weight is 716 g/mol. The molecule has 0 aliphatic carbocycles. The molecule has 1 aromatic carbocycles. The first kappa shape index (κ1) is 39.1. The van der Waals surface area contributed by atoms with E-state index in [-0.39, 0.29) is 29.2 Å². The molecule has 274 valence electrons. The van der Waals surface area contributed by atoms with Gasteiger partial charge in [0, 0.05) is 25.2 Å². The number of nitrogens with zero attached hydrogens (tertiary/aromatic N) is 3. The summed E-state index contributed by atoms with van der Waals surface area (Å²) in [6.07, 6.45) is 2.57. The molecule has 0 saturated carbocycles. The maximum Gasteiger partial charge on any atom is 0.408 e. The lowest BCUT2D eigenvalue weighted by Crippen LogP contribution is -2.62. The smallest absolute Gasteiger partial charge is 0.408 e. The molecule has 3 N–H and O–H groups in total. The van der Waals surface area contributed by atoms with Gasteiger partial charge in [0.1, 0.15) is 28.7 Å². The van der Waals surface area contributed by atoms with Crippen LogP contribution in [0.1, 0.15) is 73.6 Å². The van der Waals surface area contributed by atoms with Crippen LogP contribution in [0.3, 0.4) is 0 Å². The maximum absolute atomic E-state index is 15.1. The lowest BCUT2D eigenvalue weighted by molar-refractivity contribution is 0.0336. The highest BCUT2D eigenvalue weighted by molar-refractivity contribution is 6.74. The number of hydrogen-bond acceptors (Lipinski definition) is 8. The molecular weight excluding hydrogens is 664 g/mol. The van der Waals surface area contributed by atoms with Gasteiger partial charge < -0.3 is 29.8 Å². The minimum atomic E-state index is -2.21. The number of alkyl carbamates (subject to hydrolysis) is 1. The van der Waals surface area contributed by atoms with E-state index in [4.69, 9.17) is 9.16 Å². The Morgan fingerprint density at radius 1 is 1.00 bits per heavy atom. The highest BCUT2D eigenvalue weighted by atomic mass is 28.4. The van der Waals surface area contributed by atoms with Crippen molar-refractivity contribution >= 4 is 25.8 Å². The molecule has 2 aromatic heterocycles. The molecule has 50 heavy (non-hydrogen) atoms. The van der Waals surface area contributed by atoms with Gasteiger partial charge >= 0.3 is 6.09 Å². The molecule has 1 aliphatic heterocycles. The number of anilines is 2. The number of pyridine rings is 2. The van der Waals surface area contributed by atoms with Gasteiger partial charge in [0.25, 0.3) is 0 Å². The molecule has 1 amide bonds. The fourth-order valence-electron chi connectivity index (χ4n) is 5.66. The number of carbonyl (C=O) groups excluding carboxylic acids is 1. The summed E-state index contributed by atoms with van der Waals surface area (Å²) in [6.45, 7) is 22.5. The van der Waals surface area contributed by atoms with Crippen molar-refractivity contribution in [2.24, 2.45) is 5.92 Å². The van der Waals surface area contributed by atoms with Crippen LogP contribution < -0.4 is 15.5 Å². The molecule has 13 heteroatoms. The first-order valence-electron chi connectivity index (χ1n) is 16.9. The number of amides is 1. The summed E-state index contributed by atoms with van der Waals surface area (Å²) in [6, 6.07) is 6.01. The lowest BCUT2D eigenvalue weighted by atomic mass is 9.92. The molecule has 0 bridgehead atoms. The Balaban J connectivity index is 1.60. The van der Waals surface area contributed by atoms with E-state index in [9.17, 15) is 14.3 Å². The fourth-order valence-corrected chi connectivity index (χ4v) is 7.09. The maximum atomic E-state index is 15.1.